The number of likely N-dealkylation sites (tertiary alicyclic amines) is 1. The van der Waals surface area contributed by atoms with Gasteiger partial charge in [0.15, 0.2) is 5.76 Å². The standard InChI is InChI=1S/C29H36N4O3/c1-19(30-2)28(34)32-26(20-9-4-3-5-10-20)29(35)33-16-8-14-24(33)23-13-7-15-31-27(23)25-17-21-11-6-12-22(21)18-36-25/h6-7,11-13,15,17-20,24,26,30H,3-5,8-10,14,16H2,1-2H3,(H,32,34). The summed E-state index contributed by atoms with van der Waals surface area (Å²) in [5.74, 6) is 0.771. The number of nitrogens with one attached hydrogen (secondary N) is 2. The van der Waals surface area contributed by atoms with Crippen molar-refractivity contribution in [3.8, 4) is 22.6 Å². The number of amides is 2. The van der Waals surface area contributed by atoms with Crippen LogP contribution in [0.3, 0.4) is 0 Å². The predicted molar refractivity (Wildman–Crippen MR) is 139 cm³/mol. The molecule has 1 saturated carbocycles. The summed E-state index contributed by atoms with van der Waals surface area (Å²) in [5.41, 5.74) is 3.92. The first-order chi connectivity index (χ1) is 17.6. The first kappa shape index (κ1) is 24.5. The number of likely N-dealkylation sites (N-methyl/N-ethyl adjacent to an activating group) is 1. The first-order valence-corrected chi connectivity index (χ1v) is 13.3. The number of hydrogen-bond acceptors (Lipinski definition) is 5. The molecule has 0 radical (unpaired) electrons. The largest absolute Gasteiger partial charge is 0.462 e. The zero-order chi connectivity index (χ0) is 25.1. The normalized spacial score (nSPS) is 20.4. The van der Waals surface area contributed by atoms with Crippen molar-refractivity contribution in [1.82, 2.24) is 20.5 Å². The molecule has 1 aromatic rings. The summed E-state index contributed by atoms with van der Waals surface area (Å²) in [5, 5.41) is 6.12. The van der Waals surface area contributed by atoms with E-state index in [1.807, 2.05) is 36.1 Å². The van der Waals surface area contributed by atoms with Crippen molar-refractivity contribution in [2.45, 2.75) is 70.0 Å². The highest BCUT2D eigenvalue weighted by atomic mass is 16.3. The van der Waals surface area contributed by atoms with Crippen LogP contribution in [0.1, 0.15) is 63.5 Å². The molecule has 3 heterocycles. The second-order valence-electron chi connectivity index (χ2n) is 10.2. The van der Waals surface area contributed by atoms with Crippen molar-refractivity contribution in [3.05, 3.63) is 54.4 Å². The quantitative estimate of drug-likeness (QED) is 0.500. The lowest BCUT2D eigenvalue weighted by Gasteiger charge is -2.35. The molecule has 190 valence electrons. The van der Waals surface area contributed by atoms with E-state index in [2.05, 4.69) is 27.8 Å². The van der Waals surface area contributed by atoms with Crippen molar-refractivity contribution in [1.29, 1.82) is 0 Å². The van der Waals surface area contributed by atoms with E-state index in [9.17, 15) is 9.59 Å². The molecule has 7 nitrogen and oxygen atoms in total. The molecule has 2 amide bonds. The summed E-state index contributed by atoms with van der Waals surface area (Å²) < 4.78 is 5.98. The Balaban J connectivity index is 1.45. The monoisotopic (exact) mass is 488 g/mol. The Kier molecular flexibility index (Phi) is 7.37. The van der Waals surface area contributed by atoms with Crippen LogP contribution in [0, 0.1) is 5.92 Å². The molecule has 4 aliphatic rings. The van der Waals surface area contributed by atoms with E-state index in [0.717, 1.165) is 60.9 Å². The van der Waals surface area contributed by atoms with Crippen LogP contribution >= 0.6 is 0 Å². The SMILES string of the molecule is CNC(C)C(=O)NC(C(=O)N1CCCC1c1cccnc1-c1cc2cccc-2co1)C1CCCCC1. The Morgan fingerprint density at radius 1 is 1.06 bits per heavy atom. The van der Waals surface area contributed by atoms with Gasteiger partial charge in [-0.15, -0.1) is 0 Å². The minimum Gasteiger partial charge on any atom is -0.462 e. The smallest absolute Gasteiger partial charge is 0.245 e. The first-order valence-electron chi connectivity index (χ1n) is 13.3. The van der Waals surface area contributed by atoms with Gasteiger partial charge in [-0.2, -0.15) is 0 Å². The zero-order valence-electron chi connectivity index (χ0n) is 21.2. The third-order valence-corrected chi connectivity index (χ3v) is 7.96. The van der Waals surface area contributed by atoms with Crippen LogP contribution in [0.5, 0.6) is 0 Å². The highest BCUT2D eigenvalue weighted by molar-refractivity contribution is 5.90. The topological polar surface area (TPSA) is 87.5 Å². The molecule has 0 bridgehead atoms. The van der Waals surface area contributed by atoms with E-state index in [1.54, 1.807) is 19.5 Å². The minimum atomic E-state index is -0.500. The van der Waals surface area contributed by atoms with Crippen molar-refractivity contribution in [3.63, 3.8) is 0 Å². The lowest BCUT2D eigenvalue weighted by atomic mass is 9.83. The molecule has 0 aromatic carbocycles. The van der Waals surface area contributed by atoms with Gasteiger partial charge < -0.3 is 20.0 Å². The Morgan fingerprint density at radius 2 is 1.86 bits per heavy atom. The highest BCUT2D eigenvalue weighted by Crippen LogP contribution is 2.39. The molecule has 3 unspecified atom stereocenters. The molecular weight excluding hydrogens is 452 g/mol. The number of aromatic nitrogens is 1. The molecule has 3 atom stereocenters. The Hall–Kier alpha value is -3.19. The average Bonchev–Trinajstić information content (AvgIpc) is 3.60. The van der Waals surface area contributed by atoms with Crippen LogP contribution in [0.2, 0.25) is 0 Å². The number of hydrogen-bond donors (Lipinski definition) is 2. The van der Waals surface area contributed by atoms with Crippen LogP contribution < -0.4 is 10.6 Å². The highest BCUT2D eigenvalue weighted by Gasteiger charge is 2.40. The van der Waals surface area contributed by atoms with E-state index in [4.69, 9.17) is 4.42 Å². The molecule has 5 rings (SSSR count). The Labute approximate surface area is 213 Å². The summed E-state index contributed by atoms with van der Waals surface area (Å²) >= 11 is 0. The molecule has 7 heteroatoms. The molecule has 0 spiro atoms. The van der Waals surface area contributed by atoms with Crippen molar-refractivity contribution in [2.75, 3.05) is 13.6 Å². The summed E-state index contributed by atoms with van der Waals surface area (Å²) in [7, 11) is 1.76. The predicted octanol–water partition coefficient (Wildman–Crippen LogP) is 4.78. The number of rotatable bonds is 7. The Morgan fingerprint density at radius 3 is 2.67 bits per heavy atom. The fourth-order valence-electron chi connectivity index (χ4n) is 5.80. The van der Waals surface area contributed by atoms with Gasteiger partial charge in [0.1, 0.15) is 11.7 Å². The second kappa shape index (κ2) is 10.8. The van der Waals surface area contributed by atoms with Gasteiger partial charge in [-0.1, -0.05) is 43.5 Å². The third-order valence-electron chi connectivity index (χ3n) is 7.96. The maximum Gasteiger partial charge on any atom is 0.245 e. The summed E-state index contributed by atoms with van der Waals surface area (Å²) in [6, 6.07) is 11.1. The van der Waals surface area contributed by atoms with Gasteiger partial charge in [-0.3, -0.25) is 14.6 Å². The molecular formula is C29H36N4O3. The van der Waals surface area contributed by atoms with E-state index in [-0.39, 0.29) is 29.8 Å². The number of fused-ring (bicyclic) bond motifs is 1. The molecule has 1 saturated heterocycles. The van der Waals surface area contributed by atoms with Crippen LogP contribution in [0.4, 0.5) is 0 Å². The van der Waals surface area contributed by atoms with Gasteiger partial charge in [-0.05, 0) is 63.3 Å². The molecule has 1 aromatic heterocycles. The lowest BCUT2D eigenvalue weighted by Crippen LogP contribution is -2.55. The summed E-state index contributed by atoms with van der Waals surface area (Å²) in [6.07, 6.45) is 10.7. The van der Waals surface area contributed by atoms with Gasteiger partial charge in [0.25, 0.3) is 0 Å². The van der Waals surface area contributed by atoms with Crippen LogP contribution in [-0.4, -0.2) is 47.4 Å². The molecule has 2 fully saturated rings. The van der Waals surface area contributed by atoms with Gasteiger partial charge in [0.05, 0.1) is 18.3 Å². The van der Waals surface area contributed by atoms with Gasteiger partial charge in [0.2, 0.25) is 11.8 Å². The minimum absolute atomic E-state index is 0.0271. The molecule has 2 N–H and O–H groups in total. The van der Waals surface area contributed by atoms with Crippen LogP contribution in [0.25, 0.3) is 22.6 Å². The van der Waals surface area contributed by atoms with Crippen LogP contribution in [-0.2, 0) is 9.59 Å². The number of pyridine rings is 1. The lowest BCUT2D eigenvalue weighted by molar-refractivity contribution is -0.139. The molecule has 2 aliphatic carbocycles. The second-order valence-corrected chi connectivity index (χ2v) is 10.2. The zero-order valence-corrected chi connectivity index (χ0v) is 21.2. The molecule has 36 heavy (non-hydrogen) atoms. The van der Waals surface area contributed by atoms with Gasteiger partial charge in [-0.25, -0.2) is 0 Å². The van der Waals surface area contributed by atoms with Crippen molar-refractivity contribution < 1.29 is 14.0 Å². The van der Waals surface area contributed by atoms with Crippen molar-refractivity contribution >= 4 is 11.8 Å². The summed E-state index contributed by atoms with van der Waals surface area (Å²) in [4.78, 5) is 33.6. The Bertz CT molecular complexity index is 1170. The van der Waals surface area contributed by atoms with E-state index in [1.165, 1.54) is 6.42 Å². The maximum atomic E-state index is 14.1. The summed E-state index contributed by atoms with van der Waals surface area (Å²) in [6.45, 7) is 2.50. The van der Waals surface area contributed by atoms with Crippen LogP contribution in [0.15, 0.2) is 53.3 Å². The van der Waals surface area contributed by atoms with E-state index < -0.39 is 6.04 Å². The average molecular weight is 489 g/mol. The van der Waals surface area contributed by atoms with Gasteiger partial charge in [0, 0.05) is 23.9 Å². The molecule has 2 aliphatic heterocycles. The third kappa shape index (κ3) is 4.89. The number of carbonyl (C=O) groups is 2. The van der Waals surface area contributed by atoms with Crippen molar-refractivity contribution in [2.24, 2.45) is 5.92 Å². The van der Waals surface area contributed by atoms with Gasteiger partial charge >= 0.3 is 0 Å². The maximum absolute atomic E-state index is 14.1. The fraction of sp³-hybridized carbons (Fsp3) is 0.483. The fourth-order valence-corrected chi connectivity index (χ4v) is 5.80. The van der Waals surface area contributed by atoms with E-state index >= 15 is 0 Å². The number of nitrogens with zero attached hydrogens (tertiary/aromatic N) is 2. The van der Waals surface area contributed by atoms with E-state index in [0.29, 0.717) is 12.3 Å². The number of carbonyl (C=O) groups excluding carboxylic acids is 2.